The van der Waals surface area contributed by atoms with E-state index in [1.807, 2.05) is 19.1 Å². The quantitative estimate of drug-likeness (QED) is 0.478. The standard InChI is InChI=1S/C23H23N5O2/c1-15-24-23(30-26-15)21-4-3-13-28(21)14-17-5-7-18(8-6-17)19-9-11-20(12-10-19)22-25-16(2)29-27-22/h5-12,21H,3-4,13-14H2,1-2H3. The first-order valence-corrected chi connectivity index (χ1v) is 10.2. The maximum Gasteiger partial charge on any atom is 0.243 e. The molecule has 7 heteroatoms. The predicted octanol–water partition coefficient (Wildman–Crippen LogP) is 4.74. The van der Waals surface area contributed by atoms with Crippen LogP contribution in [-0.4, -0.2) is 31.7 Å². The summed E-state index contributed by atoms with van der Waals surface area (Å²) in [6.45, 7) is 5.58. The van der Waals surface area contributed by atoms with Crippen LogP contribution in [0.15, 0.2) is 57.6 Å². The van der Waals surface area contributed by atoms with E-state index in [9.17, 15) is 0 Å². The molecule has 0 N–H and O–H groups in total. The zero-order valence-electron chi connectivity index (χ0n) is 17.1. The van der Waals surface area contributed by atoms with Crippen molar-refractivity contribution in [3.63, 3.8) is 0 Å². The van der Waals surface area contributed by atoms with E-state index in [1.165, 1.54) is 11.1 Å². The Balaban J connectivity index is 1.28. The third-order valence-corrected chi connectivity index (χ3v) is 5.54. The van der Waals surface area contributed by atoms with Crippen molar-refractivity contribution in [3.05, 3.63) is 71.7 Å². The van der Waals surface area contributed by atoms with Crippen molar-refractivity contribution >= 4 is 0 Å². The summed E-state index contributed by atoms with van der Waals surface area (Å²) in [4.78, 5) is 11.1. The molecule has 0 aliphatic carbocycles. The van der Waals surface area contributed by atoms with Gasteiger partial charge >= 0.3 is 0 Å². The molecule has 30 heavy (non-hydrogen) atoms. The third kappa shape index (κ3) is 3.76. The van der Waals surface area contributed by atoms with Crippen LogP contribution in [0, 0.1) is 13.8 Å². The molecule has 1 aliphatic rings. The second kappa shape index (κ2) is 7.84. The Hall–Kier alpha value is -3.32. The maximum absolute atomic E-state index is 5.42. The van der Waals surface area contributed by atoms with Gasteiger partial charge in [-0.1, -0.05) is 58.8 Å². The Bertz CT molecular complexity index is 1130. The fourth-order valence-electron chi connectivity index (χ4n) is 4.01. The van der Waals surface area contributed by atoms with Gasteiger partial charge in [-0.25, -0.2) is 0 Å². The van der Waals surface area contributed by atoms with Gasteiger partial charge in [-0.05, 0) is 43.0 Å². The Morgan fingerprint density at radius 1 is 0.867 bits per heavy atom. The van der Waals surface area contributed by atoms with Gasteiger partial charge in [-0.2, -0.15) is 9.97 Å². The molecule has 1 fully saturated rings. The van der Waals surface area contributed by atoms with Gasteiger partial charge in [0.15, 0.2) is 5.82 Å². The summed E-state index contributed by atoms with van der Waals surface area (Å²) < 4.78 is 10.5. The van der Waals surface area contributed by atoms with Gasteiger partial charge in [0.2, 0.25) is 17.6 Å². The minimum Gasteiger partial charge on any atom is -0.339 e. The minimum atomic E-state index is 0.215. The van der Waals surface area contributed by atoms with Crippen molar-refractivity contribution in [3.8, 4) is 22.5 Å². The van der Waals surface area contributed by atoms with Gasteiger partial charge in [-0.15, -0.1) is 0 Å². The van der Waals surface area contributed by atoms with Crippen molar-refractivity contribution in [1.82, 2.24) is 25.2 Å². The first-order valence-electron chi connectivity index (χ1n) is 10.2. The summed E-state index contributed by atoms with van der Waals surface area (Å²) in [5.41, 5.74) is 4.57. The van der Waals surface area contributed by atoms with Crippen molar-refractivity contribution in [2.24, 2.45) is 0 Å². The van der Waals surface area contributed by atoms with Crippen LogP contribution in [0.4, 0.5) is 0 Å². The Labute approximate surface area is 174 Å². The fraction of sp³-hybridized carbons (Fsp3) is 0.304. The van der Waals surface area contributed by atoms with Crippen LogP contribution in [0.1, 0.15) is 42.1 Å². The molecular weight excluding hydrogens is 378 g/mol. The van der Waals surface area contributed by atoms with E-state index in [0.717, 1.165) is 42.9 Å². The number of nitrogens with zero attached hydrogens (tertiary/aromatic N) is 5. The predicted molar refractivity (Wildman–Crippen MR) is 111 cm³/mol. The zero-order valence-corrected chi connectivity index (χ0v) is 17.1. The van der Waals surface area contributed by atoms with Gasteiger partial charge in [-0.3, -0.25) is 4.90 Å². The highest BCUT2D eigenvalue weighted by Crippen LogP contribution is 2.32. The molecule has 5 rings (SSSR count). The van der Waals surface area contributed by atoms with E-state index in [1.54, 1.807) is 6.92 Å². The molecule has 4 aromatic rings. The molecule has 1 atom stereocenters. The second-order valence-electron chi connectivity index (χ2n) is 7.72. The third-order valence-electron chi connectivity index (χ3n) is 5.54. The summed E-state index contributed by atoms with van der Waals surface area (Å²) in [7, 11) is 0. The normalized spacial score (nSPS) is 16.9. The molecule has 0 saturated carbocycles. The molecule has 0 amide bonds. The highest BCUT2D eigenvalue weighted by atomic mass is 16.5. The molecular formula is C23H23N5O2. The Kier molecular flexibility index (Phi) is 4.88. The van der Waals surface area contributed by atoms with Crippen LogP contribution in [0.3, 0.4) is 0 Å². The molecule has 2 aromatic carbocycles. The number of aromatic nitrogens is 4. The smallest absolute Gasteiger partial charge is 0.243 e. The van der Waals surface area contributed by atoms with Crippen LogP contribution in [0.25, 0.3) is 22.5 Å². The lowest BCUT2D eigenvalue weighted by Gasteiger charge is -2.21. The molecule has 0 spiro atoms. The molecule has 2 aromatic heterocycles. The largest absolute Gasteiger partial charge is 0.339 e. The second-order valence-corrected chi connectivity index (χ2v) is 7.72. The molecule has 1 aliphatic heterocycles. The molecule has 0 radical (unpaired) electrons. The average Bonchev–Trinajstić information content (AvgIpc) is 3.50. The van der Waals surface area contributed by atoms with Gasteiger partial charge < -0.3 is 9.05 Å². The van der Waals surface area contributed by atoms with Crippen LogP contribution in [0.2, 0.25) is 0 Å². The van der Waals surface area contributed by atoms with Crippen molar-refractivity contribution in [2.75, 3.05) is 6.54 Å². The number of rotatable bonds is 5. The molecule has 3 heterocycles. The number of hydrogen-bond donors (Lipinski definition) is 0. The summed E-state index contributed by atoms with van der Waals surface area (Å²) in [5, 5.41) is 7.92. The summed E-state index contributed by atoms with van der Waals surface area (Å²) in [6, 6.07) is 17.2. The van der Waals surface area contributed by atoms with Crippen LogP contribution < -0.4 is 0 Å². The lowest BCUT2D eigenvalue weighted by molar-refractivity contribution is 0.201. The van der Waals surface area contributed by atoms with Gasteiger partial charge in [0, 0.05) is 19.0 Å². The average molecular weight is 401 g/mol. The molecule has 1 saturated heterocycles. The highest BCUT2D eigenvalue weighted by Gasteiger charge is 2.30. The van der Waals surface area contributed by atoms with E-state index < -0.39 is 0 Å². The number of hydrogen-bond acceptors (Lipinski definition) is 7. The first kappa shape index (κ1) is 18.7. The van der Waals surface area contributed by atoms with Crippen molar-refractivity contribution in [2.45, 2.75) is 39.3 Å². The van der Waals surface area contributed by atoms with Crippen LogP contribution in [0.5, 0.6) is 0 Å². The Morgan fingerprint density at radius 3 is 2.20 bits per heavy atom. The summed E-state index contributed by atoms with van der Waals surface area (Å²) in [5.74, 6) is 2.62. The topological polar surface area (TPSA) is 81.1 Å². The van der Waals surface area contributed by atoms with Crippen molar-refractivity contribution in [1.29, 1.82) is 0 Å². The molecule has 1 unspecified atom stereocenters. The number of likely N-dealkylation sites (tertiary alicyclic amines) is 1. The lowest BCUT2D eigenvalue weighted by Crippen LogP contribution is -2.23. The summed E-state index contributed by atoms with van der Waals surface area (Å²) in [6.07, 6.45) is 2.21. The lowest BCUT2D eigenvalue weighted by atomic mass is 10.0. The monoisotopic (exact) mass is 401 g/mol. The SMILES string of the molecule is Cc1noc(C2CCCN2Cc2ccc(-c3ccc(-c4noc(C)n4)cc3)cc2)n1. The number of benzene rings is 2. The highest BCUT2D eigenvalue weighted by molar-refractivity contribution is 5.67. The Morgan fingerprint density at radius 2 is 1.57 bits per heavy atom. The molecule has 152 valence electrons. The van der Waals surface area contributed by atoms with E-state index >= 15 is 0 Å². The number of aryl methyl sites for hydroxylation is 2. The first-order chi connectivity index (χ1) is 14.7. The van der Waals surface area contributed by atoms with E-state index in [-0.39, 0.29) is 6.04 Å². The van der Waals surface area contributed by atoms with Gasteiger partial charge in [0.1, 0.15) is 0 Å². The molecule has 0 bridgehead atoms. The van der Waals surface area contributed by atoms with Crippen LogP contribution >= 0.6 is 0 Å². The summed E-state index contributed by atoms with van der Waals surface area (Å²) >= 11 is 0. The zero-order chi connectivity index (χ0) is 20.5. The van der Waals surface area contributed by atoms with E-state index in [0.29, 0.717) is 17.5 Å². The fourth-order valence-corrected chi connectivity index (χ4v) is 4.01. The van der Waals surface area contributed by atoms with Crippen molar-refractivity contribution < 1.29 is 9.05 Å². The minimum absolute atomic E-state index is 0.215. The van der Waals surface area contributed by atoms with E-state index in [4.69, 9.17) is 9.05 Å². The van der Waals surface area contributed by atoms with Gasteiger partial charge in [0.25, 0.3) is 0 Å². The van der Waals surface area contributed by atoms with E-state index in [2.05, 4.69) is 61.6 Å². The maximum atomic E-state index is 5.42. The van der Waals surface area contributed by atoms with Crippen LogP contribution in [-0.2, 0) is 6.54 Å². The van der Waals surface area contributed by atoms with Gasteiger partial charge in [0.05, 0.1) is 6.04 Å². The molecule has 7 nitrogen and oxygen atoms in total.